The second-order valence-electron chi connectivity index (χ2n) is 6.64. The van der Waals surface area contributed by atoms with E-state index in [2.05, 4.69) is 5.32 Å². The zero-order valence-electron chi connectivity index (χ0n) is 14.3. The van der Waals surface area contributed by atoms with Crippen LogP contribution in [0.2, 0.25) is 0 Å². The number of carbonyl (C=O) groups is 1. The molecule has 3 rings (SSSR count). The molecule has 2 saturated heterocycles. The molecular weight excluding hydrogens is 330 g/mol. The van der Waals surface area contributed by atoms with Crippen LogP contribution in [0.1, 0.15) is 24.8 Å². The van der Waals surface area contributed by atoms with Crippen LogP contribution in [-0.4, -0.2) is 55.6 Å². The highest BCUT2D eigenvalue weighted by Gasteiger charge is 2.43. The number of benzene rings is 1. The number of rotatable bonds is 5. The minimum Gasteiger partial charge on any atom is -0.496 e. The topological polar surface area (TPSA) is 50.8 Å². The van der Waals surface area contributed by atoms with Gasteiger partial charge in [0, 0.05) is 25.1 Å². The van der Waals surface area contributed by atoms with Crippen LogP contribution in [0, 0.1) is 0 Å². The molecule has 0 aliphatic carbocycles. The normalized spacial score (nSPS) is 23.6. The van der Waals surface area contributed by atoms with Gasteiger partial charge in [-0.3, -0.25) is 10.1 Å². The minimum absolute atomic E-state index is 0.0620. The highest BCUT2D eigenvalue weighted by molar-refractivity contribution is 5.82. The molecule has 2 fully saturated rings. The molecule has 1 amide bonds. The number of hydrogen-bond donors (Lipinski definition) is 1. The molecule has 2 aliphatic rings. The first-order valence-electron chi connectivity index (χ1n) is 8.62. The molecule has 138 valence electrons. The number of para-hydroxylation sites is 1. The standard InChI is InChI=1S/C18H24F2N2O3/c1-24-16-5-3-2-4-13(16)11-25-14-6-8-22(9-7-14)17(23)15-10-18(19,20)12-21-15/h2-5,14-15,21H,6-12H2,1H3. The lowest BCUT2D eigenvalue weighted by Crippen LogP contribution is -2.48. The Hall–Kier alpha value is -1.73. The number of nitrogens with zero attached hydrogens (tertiary/aromatic N) is 1. The Morgan fingerprint density at radius 3 is 2.68 bits per heavy atom. The summed E-state index contributed by atoms with van der Waals surface area (Å²) in [6, 6.07) is 6.94. The summed E-state index contributed by atoms with van der Waals surface area (Å²) in [6.07, 6.45) is 1.08. The van der Waals surface area contributed by atoms with Crippen LogP contribution < -0.4 is 10.1 Å². The lowest BCUT2D eigenvalue weighted by molar-refractivity contribution is -0.136. The van der Waals surface area contributed by atoms with Crippen LogP contribution in [0.4, 0.5) is 8.78 Å². The van der Waals surface area contributed by atoms with E-state index in [-0.39, 0.29) is 12.0 Å². The van der Waals surface area contributed by atoms with Crippen molar-refractivity contribution in [2.45, 2.75) is 43.9 Å². The first-order valence-corrected chi connectivity index (χ1v) is 8.62. The number of nitrogens with one attached hydrogen (secondary N) is 1. The molecule has 2 heterocycles. The van der Waals surface area contributed by atoms with Gasteiger partial charge in [0.15, 0.2) is 0 Å². The first kappa shape index (κ1) is 18.1. The molecule has 1 unspecified atom stereocenters. The van der Waals surface area contributed by atoms with Crippen molar-refractivity contribution in [3.63, 3.8) is 0 Å². The van der Waals surface area contributed by atoms with Gasteiger partial charge in [-0.05, 0) is 18.9 Å². The predicted molar refractivity (Wildman–Crippen MR) is 88.7 cm³/mol. The van der Waals surface area contributed by atoms with Crippen LogP contribution in [0.15, 0.2) is 24.3 Å². The minimum atomic E-state index is -2.78. The molecular formula is C18H24F2N2O3. The Bertz CT molecular complexity index is 604. The van der Waals surface area contributed by atoms with Gasteiger partial charge in [0.25, 0.3) is 5.92 Å². The van der Waals surface area contributed by atoms with Crippen LogP contribution in [-0.2, 0) is 16.1 Å². The van der Waals surface area contributed by atoms with Gasteiger partial charge in [0.05, 0.1) is 32.4 Å². The van der Waals surface area contributed by atoms with Gasteiger partial charge in [0.2, 0.25) is 5.91 Å². The van der Waals surface area contributed by atoms with E-state index in [0.29, 0.717) is 32.5 Å². The monoisotopic (exact) mass is 354 g/mol. The van der Waals surface area contributed by atoms with Gasteiger partial charge in [-0.2, -0.15) is 0 Å². The number of carbonyl (C=O) groups excluding carboxylic acids is 1. The number of piperidine rings is 1. The lowest BCUT2D eigenvalue weighted by Gasteiger charge is -2.33. The fourth-order valence-corrected chi connectivity index (χ4v) is 3.38. The zero-order chi connectivity index (χ0) is 17.9. The smallest absolute Gasteiger partial charge is 0.262 e. The summed E-state index contributed by atoms with van der Waals surface area (Å²) in [5.74, 6) is -2.21. The summed E-state index contributed by atoms with van der Waals surface area (Å²) in [4.78, 5) is 14.0. The molecule has 1 aromatic carbocycles. The second kappa shape index (κ2) is 7.66. The van der Waals surface area contributed by atoms with Crippen molar-refractivity contribution in [2.24, 2.45) is 0 Å². The van der Waals surface area contributed by atoms with Gasteiger partial charge >= 0.3 is 0 Å². The molecule has 0 aromatic heterocycles. The SMILES string of the molecule is COc1ccccc1COC1CCN(C(=O)C2CC(F)(F)CN2)CC1. The van der Waals surface area contributed by atoms with E-state index < -0.39 is 24.9 Å². The number of hydrogen-bond acceptors (Lipinski definition) is 4. The van der Waals surface area contributed by atoms with Gasteiger partial charge in [-0.1, -0.05) is 18.2 Å². The van der Waals surface area contributed by atoms with Crippen LogP contribution in [0.25, 0.3) is 0 Å². The molecule has 2 aliphatic heterocycles. The average Bonchev–Trinajstić information content (AvgIpc) is 3.00. The molecule has 7 heteroatoms. The molecule has 0 saturated carbocycles. The van der Waals surface area contributed by atoms with Crippen molar-refractivity contribution in [3.8, 4) is 5.75 Å². The molecule has 0 spiro atoms. The van der Waals surface area contributed by atoms with Crippen molar-refractivity contribution >= 4 is 5.91 Å². The van der Waals surface area contributed by atoms with Crippen LogP contribution in [0.3, 0.4) is 0 Å². The van der Waals surface area contributed by atoms with Gasteiger partial charge in [-0.15, -0.1) is 0 Å². The molecule has 25 heavy (non-hydrogen) atoms. The van der Waals surface area contributed by atoms with E-state index in [1.54, 1.807) is 12.0 Å². The Labute approximate surface area is 146 Å². The number of amides is 1. The molecule has 5 nitrogen and oxygen atoms in total. The maximum absolute atomic E-state index is 13.2. The third-order valence-corrected chi connectivity index (χ3v) is 4.83. The van der Waals surface area contributed by atoms with E-state index in [1.165, 1.54) is 0 Å². The quantitative estimate of drug-likeness (QED) is 0.881. The molecule has 1 N–H and O–H groups in total. The first-order chi connectivity index (χ1) is 12.0. The Morgan fingerprint density at radius 1 is 1.32 bits per heavy atom. The molecule has 1 atom stereocenters. The fraction of sp³-hybridized carbons (Fsp3) is 0.611. The number of methoxy groups -OCH3 is 1. The van der Waals surface area contributed by atoms with E-state index >= 15 is 0 Å². The van der Waals surface area contributed by atoms with Crippen molar-refractivity contribution in [2.75, 3.05) is 26.7 Å². The summed E-state index contributed by atoms with van der Waals surface area (Å²) in [7, 11) is 1.63. The summed E-state index contributed by atoms with van der Waals surface area (Å²) in [5.41, 5.74) is 0.987. The van der Waals surface area contributed by atoms with Crippen molar-refractivity contribution in [1.29, 1.82) is 0 Å². The molecule has 0 bridgehead atoms. The average molecular weight is 354 g/mol. The highest BCUT2D eigenvalue weighted by Crippen LogP contribution is 2.27. The zero-order valence-corrected chi connectivity index (χ0v) is 14.3. The maximum Gasteiger partial charge on any atom is 0.262 e. The van der Waals surface area contributed by atoms with Crippen LogP contribution >= 0.6 is 0 Å². The Kier molecular flexibility index (Phi) is 5.54. The number of alkyl halides is 2. The van der Waals surface area contributed by atoms with E-state index in [4.69, 9.17) is 9.47 Å². The number of halogens is 2. The second-order valence-corrected chi connectivity index (χ2v) is 6.64. The summed E-state index contributed by atoms with van der Waals surface area (Å²) in [6.45, 7) is 1.12. The predicted octanol–water partition coefficient (Wildman–Crippen LogP) is 2.20. The van der Waals surface area contributed by atoms with E-state index in [9.17, 15) is 13.6 Å². The van der Waals surface area contributed by atoms with Gasteiger partial charge < -0.3 is 14.4 Å². The number of ether oxygens (including phenoxy) is 2. The maximum atomic E-state index is 13.2. The largest absolute Gasteiger partial charge is 0.496 e. The van der Waals surface area contributed by atoms with E-state index in [0.717, 1.165) is 11.3 Å². The Morgan fingerprint density at radius 2 is 2.04 bits per heavy atom. The van der Waals surface area contributed by atoms with Gasteiger partial charge in [-0.25, -0.2) is 8.78 Å². The van der Waals surface area contributed by atoms with Crippen molar-refractivity contribution < 1.29 is 23.0 Å². The third kappa shape index (κ3) is 4.46. The number of likely N-dealkylation sites (tertiary alicyclic amines) is 1. The fourth-order valence-electron chi connectivity index (χ4n) is 3.38. The molecule has 0 radical (unpaired) electrons. The van der Waals surface area contributed by atoms with Crippen LogP contribution in [0.5, 0.6) is 5.75 Å². The summed E-state index contributed by atoms with van der Waals surface area (Å²) >= 11 is 0. The van der Waals surface area contributed by atoms with Gasteiger partial charge in [0.1, 0.15) is 5.75 Å². The van der Waals surface area contributed by atoms with E-state index in [1.807, 2.05) is 24.3 Å². The van der Waals surface area contributed by atoms with Crippen molar-refractivity contribution in [3.05, 3.63) is 29.8 Å². The lowest BCUT2D eigenvalue weighted by atomic mass is 10.1. The summed E-state index contributed by atoms with van der Waals surface area (Å²) in [5, 5.41) is 2.63. The highest BCUT2D eigenvalue weighted by atomic mass is 19.3. The third-order valence-electron chi connectivity index (χ3n) is 4.83. The van der Waals surface area contributed by atoms with Crippen molar-refractivity contribution in [1.82, 2.24) is 10.2 Å². The Balaban J connectivity index is 1.45. The summed E-state index contributed by atoms with van der Waals surface area (Å²) < 4.78 is 37.7. The molecule has 1 aromatic rings.